The van der Waals surface area contributed by atoms with Gasteiger partial charge in [-0.2, -0.15) is 0 Å². The molecule has 0 aliphatic carbocycles. The molecule has 1 fully saturated rings. The molecule has 0 radical (unpaired) electrons. The number of amides is 1. The van der Waals surface area contributed by atoms with Crippen LogP contribution in [0.5, 0.6) is 5.75 Å². The number of rotatable bonds is 10. The van der Waals surface area contributed by atoms with Crippen molar-refractivity contribution in [2.24, 2.45) is 0 Å². The van der Waals surface area contributed by atoms with Crippen LogP contribution in [-0.4, -0.2) is 51.7 Å². The van der Waals surface area contributed by atoms with Gasteiger partial charge in [0.1, 0.15) is 12.3 Å². The fourth-order valence-corrected chi connectivity index (χ4v) is 4.61. The summed E-state index contributed by atoms with van der Waals surface area (Å²) >= 11 is 0. The predicted molar refractivity (Wildman–Crippen MR) is 123 cm³/mol. The van der Waals surface area contributed by atoms with E-state index in [4.69, 9.17) is 4.74 Å². The Kier molecular flexibility index (Phi) is 7.92. The molecule has 7 nitrogen and oxygen atoms in total. The number of hydrogen-bond donors (Lipinski definition) is 1. The maximum absolute atomic E-state index is 12.6. The van der Waals surface area contributed by atoms with Gasteiger partial charge >= 0.3 is 0 Å². The third-order valence-electron chi connectivity index (χ3n) is 5.21. The molecule has 0 bridgehead atoms. The summed E-state index contributed by atoms with van der Waals surface area (Å²) in [4.78, 5) is 15.0. The highest BCUT2D eigenvalue weighted by molar-refractivity contribution is 7.92. The minimum atomic E-state index is -3.67. The molecule has 1 aliphatic heterocycles. The van der Waals surface area contributed by atoms with Crippen molar-refractivity contribution in [2.75, 3.05) is 36.8 Å². The fraction of sp³-hybridized carbons (Fsp3) is 0.435. The summed E-state index contributed by atoms with van der Waals surface area (Å²) in [6, 6.07) is 15.0. The molecule has 1 heterocycles. The second kappa shape index (κ2) is 10.6. The van der Waals surface area contributed by atoms with Gasteiger partial charge in [0.2, 0.25) is 15.9 Å². The minimum Gasteiger partial charge on any atom is -0.492 e. The molecule has 8 heteroatoms. The van der Waals surface area contributed by atoms with E-state index in [1.165, 1.54) is 18.4 Å². The fourth-order valence-electron chi connectivity index (χ4n) is 3.75. The SMILES string of the molecule is CCOc1ccccc1N(CC(=O)NCc1cccc(CN2CCCC2)c1)S(C)(=O)=O. The highest BCUT2D eigenvalue weighted by Crippen LogP contribution is 2.29. The van der Waals surface area contributed by atoms with Gasteiger partial charge in [0.25, 0.3) is 0 Å². The zero-order valence-electron chi connectivity index (χ0n) is 18.2. The largest absolute Gasteiger partial charge is 0.492 e. The van der Waals surface area contributed by atoms with E-state index in [2.05, 4.69) is 22.3 Å². The van der Waals surface area contributed by atoms with Crippen molar-refractivity contribution in [2.45, 2.75) is 32.9 Å². The molecule has 1 saturated heterocycles. The van der Waals surface area contributed by atoms with Crippen LogP contribution in [0.15, 0.2) is 48.5 Å². The molecule has 1 amide bonds. The highest BCUT2D eigenvalue weighted by atomic mass is 32.2. The average Bonchev–Trinajstić information content (AvgIpc) is 3.24. The number of nitrogens with zero attached hydrogens (tertiary/aromatic N) is 2. The lowest BCUT2D eigenvalue weighted by atomic mass is 10.1. The van der Waals surface area contributed by atoms with E-state index in [1.54, 1.807) is 24.3 Å². The molecule has 0 unspecified atom stereocenters. The number of para-hydroxylation sites is 2. The van der Waals surface area contributed by atoms with Crippen molar-refractivity contribution in [3.63, 3.8) is 0 Å². The van der Waals surface area contributed by atoms with Gasteiger partial charge in [0, 0.05) is 13.1 Å². The number of carbonyl (C=O) groups excluding carboxylic acids is 1. The molecule has 0 aromatic heterocycles. The van der Waals surface area contributed by atoms with Crippen molar-refractivity contribution in [1.29, 1.82) is 0 Å². The Hall–Kier alpha value is -2.58. The standard InChI is InChI=1S/C23H31N3O4S/c1-3-30-22-12-5-4-11-21(22)26(31(2,28)29)18-23(27)24-16-19-9-8-10-20(15-19)17-25-13-6-7-14-25/h4-5,8-12,15H,3,6-7,13-14,16-18H2,1-2H3,(H,24,27). The number of carbonyl (C=O) groups is 1. The summed E-state index contributed by atoms with van der Waals surface area (Å²) in [5.41, 5.74) is 2.57. The van der Waals surface area contributed by atoms with Crippen molar-refractivity contribution in [1.82, 2.24) is 10.2 Å². The molecule has 0 saturated carbocycles. The topological polar surface area (TPSA) is 79.0 Å². The summed E-state index contributed by atoms with van der Waals surface area (Å²) in [5.74, 6) is 0.0551. The first-order chi connectivity index (χ1) is 14.9. The zero-order valence-corrected chi connectivity index (χ0v) is 19.0. The van der Waals surface area contributed by atoms with E-state index in [1.807, 2.05) is 19.1 Å². The van der Waals surface area contributed by atoms with E-state index >= 15 is 0 Å². The van der Waals surface area contributed by atoms with Crippen molar-refractivity contribution >= 4 is 21.6 Å². The number of nitrogens with one attached hydrogen (secondary N) is 1. The van der Waals surface area contributed by atoms with Gasteiger partial charge in [-0.1, -0.05) is 36.4 Å². The lowest BCUT2D eigenvalue weighted by Gasteiger charge is -2.24. The normalized spacial score (nSPS) is 14.4. The maximum Gasteiger partial charge on any atom is 0.241 e. The maximum atomic E-state index is 12.6. The molecule has 31 heavy (non-hydrogen) atoms. The number of benzene rings is 2. The average molecular weight is 446 g/mol. The molecule has 2 aromatic rings. The Bertz CT molecular complexity index is 988. The Morgan fingerprint density at radius 3 is 2.52 bits per heavy atom. The third-order valence-corrected chi connectivity index (χ3v) is 6.33. The van der Waals surface area contributed by atoms with Gasteiger partial charge in [0.05, 0.1) is 18.6 Å². The van der Waals surface area contributed by atoms with Gasteiger partial charge in [-0.25, -0.2) is 8.42 Å². The molecule has 3 rings (SSSR count). The first kappa shape index (κ1) is 23.1. The molecule has 168 valence electrons. The zero-order chi connectivity index (χ0) is 22.3. The highest BCUT2D eigenvalue weighted by Gasteiger charge is 2.23. The van der Waals surface area contributed by atoms with Crippen LogP contribution >= 0.6 is 0 Å². The lowest BCUT2D eigenvalue weighted by Crippen LogP contribution is -2.40. The third kappa shape index (κ3) is 6.70. The van der Waals surface area contributed by atoms with Gasteiger partial charge in [-0.15, -0.1) is 0 Å². The number of ether oxygens (including phenoxy) is 1. The summed E-state index contributed by atoms with van der Waals surface area (Å²) in [5, 5.41) is 2.84. The first-order valence-electron chi connectivity index (χ1n) is 10.6. The second-order valence-electron chi connectivity index (χ2n) is 7.75. The molecule has 1 aliphatic rings. The van der Waals surface area contributed by atoms with E-state index in [0.717, 1.165) is 35.8 Å². The number of likely N-dealkylation sites (tertiary alicyclic amines) is 1. The Morgan fingerprint density at radius 1 is 1.10 bits per heavy atom. The second-order valence-corrected chi connectivity index (χ2v) is 9.66. The first-order valence-corrected chi connectivity index (χ1v) is 12.5. The molecule has 0 spiro atoms. The van der Waals surface area contributed by atoms with E-state index in [-0.39, 0.29) is 12.5 Å². The van der Waals surface area contributed by atoms with E-state index in [0.29, 0.717) is 24.6 Å². The smallest absolute Gasteiger partial charge is 0.241 e. The summed E-state index contributed by atoms with van der Waals surface area (Å²) in [6.07, 6.45) is 3.59. The van der Waals surface area contributed by atoms with Crippen LogP contribution in [0.3, 0.4) is 0 Å². The Labute approximate surface area is 185 Å². The summed E-state index contributed by atoms with van der Waals surface area (Å²) in [6.45, 7) is 5.43. The van der Waals surface area contributed by atoms with Gasteiger partial charge < -0.3 is 10.1 Å². The lowest BCUT2D eigenvalue weighted by molar-refractivity contribution is -0.119. The quantitative estimate of drug-likeness (QED) is 0.608. The molecule has 2 aromatic carbocycles. The Morgan fingerprint density at radius 2 is 1.81 bits per heavy atom. The molecular weight excluding hydrogens is 414 g/mol. The van der Waals surface area contributed by atoms with Crippen LogP contribution < -0.4 is 14.4 Å². The van der Waals surface area contributed by atoms with Crippen molar-refractivity contribution < 1.29 is 17.9 Å². The number of anilines is 1. The van der Waals surface area contributed by atoms with Gasteiger partial charge in [-0.3, -0.25) is 14.0 Å². The van der Waals surface area contributed by atoms with Gasteiger partial charge in [-0.05, 0) is 56.1 Å². The van der Waals surface area contributed by atoms with Crippen LogP contribution in [0, 0.1) is 0 Å². The minimum absolute atomic E-state index is 0.309. The molecular formula is C23H31N3O4S. The van der Waals surface area contributed by atoms with Crippen LogP contribution in [0.1, 0.15) is 30.9 Å². The van der Waals surface area contributed by atoms with Crippen LogP contribution in [0.25, 0.3) is 0 Å². The molecule has 0 atom stereocenters. The monoisotopic (exact) mass is 445 g/mol. The summed E-state index contributed by atoms with van der Waals surface area (Å²) < 4.78 is 31.4. The number of sulfonamides is 1. The van der Waals surface area contributed by atoms with E-state index < -0.39 is 10.0 Å². The summed E-state index contributed by atoms with van der Waals surface area (Å²) in [7, 11) is -3.67. The Balaban J connectivity index is 1.64. The predicted octanol–water partition coefficient (Wildman–Crippen LogP) is 2.76. The number of hydrogen-bond acceptors (Lipinski definition) is 5. The van der Waals surface area contributed by atoms with Crippen LogP contribution in [-0.2, 0) is 27.9 Å². The van der Waals surface area contributed by atoms with Gasteiger partial charge in [0.15, 0.2) is 0 Å². The van der Waals surface area contributed by atoms with E-state index in [9.17, 15) is 13.2 Å². The van der Waals surface area contributed by atoms with Crippen LogP contribution in [0.2, 0.25) is 0 Å². The van der Waals surface area contributed by atoms with Crippen LogP contribution in [0.4, 0.5) is 5.69 Å². The van der Waals surface area contributed by atoms with Crippen molar-refractivity contribution in [3.8, 4) is 5.75 Å². The van der Waals surface area contributed by atoms with Crippen molar-refractivity contribution in [3.05, 3.63) is 59.7 Å². The molecule has 1 N–H and O–H groups in total.